The lowest BCUT2D eigenvalue weighted by Gasteiger charge is -2.26. The normalized spacial score (nSPS) is 26.5. The third-order valence-corrected chi connectivity index (χ3v) is 3.00. The Kier molecular flexibility index (Phi) is 3.75. The highest BCUT2D eigenvalue weighted by Crippen LogP contribution is 2.20. The van der Waals surface area contributed by atoms with Gasteiger partial charge >= 0.3 is 0 Å². The molecule has 2 rings (SSSR count). The van der Waals surface area contributed by atoms with Gasteiger partial charge in [-0.3, -0.25) is 0 Å². The van der Waals surface area contributed by atoms with Gasteiger partial charge in [0, 0.05) is 6.04 Å². The fourth-order valence-corrected chi connectivity index (χ4v) is 2.12. The Morgan fingerprint density at radius 1 is 1.20 bits per heavy atom. The molecule has 1 aromatic rings. The van der Waals surface area contributed by atoms with Crippen LogP contribution in [-0.4, -0.2) is 12.1 Å². The van der Waals surface area contributed by atoms with Gasteiger partial charge in [-0.15, -0.1) is 0 Å². The highest BCUT2D eigenvalue weighted by atomic mass is 16.5. The minimum atomic E-state index is 0.347. The van der Waals surface area contributed by atoms with Crippen molar-refractivity contribution in [2.75, 3.05) is 0 Å². The van der Waals surface area contributed by atoms with Crippen LogP contribution < -0.4 is 5.73 Å². The van der Waals surface area contributed by atoms with Crippen LogP contribution in [0, 0.1) is 0 Å². The molecule has 1 aromatic carbocycles. The van der Waals surface area contributed by atoms with E-state index in [1.165, 1.54) is 18.4 Å². The minimum Gasteiger partial charge on any atom is -0.373 e. The summed E-state index contributed by atoms with van der Waals surface area (Å²) in [4.78, 5) is 0. The first-order valence-electron chi connectivity index (χ1n) is 5.75. The molecule has 2 nitrogen and oxygen atoms in total. The van der Waals surface area contributed by atoms with E-state index in [-0.39, 0.29) is 0 Å². The molecule has 0 spiro atoms. The van der Waals surface area contributed by atoms with Crippen LogP contribution in [0.4, 0.5) is 0 Å². The Balaban J connectivity index is 1.78. The van der Waals surface area contributed by atoms with E-state index in [0.717, 1.165) is 19.4 Å². The van der Waals surface area contributed by atoms with Gasteiger partial charge in [0.25, 0.3) is 0 Å². The first-order valence-corrected chi connectivity index (χ1v) is 5.75. The number of rotatable bonds is 3. The number of benzene rings is 1. The second-order valence-electron chi connectivity index (χ2n) is 4.35. The van der Waals surface area contributed by atoms with Crippen molar-refractivity contribution in [2.24, 2.45) is 5.73 Å². The van der Waals surface area contributed by atoms with Crippen LogP contribution in [-0.2, 0) is 11.3 Å². The van der Waals surface area contributed by atoms with Crippen LogP contribution in [0.5, 0.6) is 0 Å². The molecule has 1 fully saturated rings. The van der Waals surface area contributed by atoms with Gasteiger partial charge in [0.15, 0.2) is 0 Å². The quantitative estimate of drug-likeness (QED) is 0.822. The number of hydrogen-bond donors (Lipinski definition) is 1. The lowest BCUT2D eigenvalue weighted by Crippen LogP contribution is -2.32. The van der Waals surface area contributed by atoms with Crippen LogP contribution in [0.3, 0.4) is 0 Å². The van der Waals surface area contributed by atoms with Crippen LogP contribution >= 0.6 is 0 Å². The lowest BCUT2D eigenvalue weighted by molar-refractivity contribution is 0.0122. The Labute approximate surface area is 91.4 Å². The predicted molar refractivity (Wildman–Crippen MR) is 61.5 cm³/mol. The highest BCUT2D eigenvalue weighted by Gasteiger charge is 2.19. The lowest BCUT2D eigenvalue weighted by atomic mass is 9.93. The van der Waals surface area contributed by atoms with E-state index in [9.17, 15) is 0 Å². The van der Waals surface area contributed by atoms with Gasteiger partial charge < -0.3 is 10.5 Å². The van der Waals surface area contributed by atoms with Gasteiger partial charge in [-0.25, -0.2) is 0 Å². The van der Waals surface area contributed by atoms with Crippen molar-refractivity contribution < 1.29 is 4.74 Å². The van der Waals surface area contributed by atoms with Crippen molar-refractivity contribution in [3.05, 3.63) is 35.9 Å². The molecule has 0 amide bonds. The van der Waals surface area contributed by atoms with Crippen LogP contribution in [0.1, 0.15) is 31.2 Å². The van der Waals surface area contributed by atoms with E-state index >= 15 is 0 Å². The van der Waals surface area contributed by atoms with Crippen LogP contribution in [0.2, 0.25) is 0 Å². The van der Waals surface area contributed by atoms with Crippen molar-refractivity contribution in [2.45, 2.75) is 44.4 Å². The maximum atomic E-state index is 5.91. The van der Waals surface area contributed by atoms with Crippen molar-refractivity contribution >= 4 is 0 Å². The summed E-state index contributed by atoms with van der Waals surface area (Å²) < 4.78 is 5.86. The molecule has 2 unspecified atom stereocenters. The van der Waals surface area contributed by atoms with Crippen molar-refractivity contribution in [1.29, 1.82) is 0 Å². The van der Waals surface area contributed by atoms with E-state index in [1.807, 2.05) is 18.2 Å². The van der Waals surface area contributed by atoms with Gasteiger partial charge in [-0.1, -0.05) is 30.3 Å². The van der Waals surface area contributed by atoms with Crippen molar-refractivity contribution in [3.63, 3.8) is 0 Å². The fraction of sp³-hybridized carbons (Fsp3) is 0.538. The summed E-state index contributed by atoms with van der Waals surface area (Å²) in [6.45, 7) is 0.720. The van der Waals surface area contributed by atoms with Crippen molar-refractivity contribution in [3.8, 4) is 0 Å². The number of ether oxygens (including phenoxy) is 1. The van der Waals surface area contributed by atoms with Crippen LogP contribution in [0.25, 0.3) is 0 Å². The van der Waals surface area contributed by atoms with E-state index in [2.05, 4.69) is 12.1 Å². The first kappa shape index (κ1) is 10.7. The monoisotopic (exact) mass is 205 g/mol. The first-order chi connectivity index (χ1) is 7.34. The van der Waals surface area contributed by atoms with E-state index in [0.29, 0.717) is 12.1 Å². The molecular formula is C13H19NO. The Morgan fingerprint density at radius 2 is 2.00 bits per heavy atom. The summed E-state index contributed by atoms with van der Waals surface area (Å²) in [6.07, 6.45) is 4.92. The molecule has 1 saturated carbocycles. The number of nitrogens with two attached hydrogens (primary N) is 1. The Bertz CT molecular complexity index is 286. The maximum absolute atomic E-state index is 5.91. The van der Waals surface area contributed by atoms with Crippen molar-refractivity contribution in [1.82, 2.24) is 0 Å². The average molecular weight is 205 g/mol. The molecule has 0 aliphatic heterocycles. The smallest absolute Gasteiger partial charge is 0.0720 e. The predicted octanol–water partition coefficient (Wildman–Crippen LogP) is 2.47. The molecule has 0 bridgehead atoms. The molecule has 82 valence electrons. The SMILES string of the molecule is NC1CCCC(OCc2ccccc2)C1. The molecular weight excluding hydrogens is 186 g/mol. The van der Waals surface area contributed by atoms with Crippen LogP contribution in [0.15, 0.2) is 30.3 Å². The summed E-state index contributed by atoms with van der Waals surface area (Å²) in [5.74, 6) is 0. The molecule has 15 heavy (non-hydrogen) atoms. The van der Waals surface area contributed by atoms with Gasteiger partial charge in [0.1, 0.15) is 0 Å². The highest BCUT2D eigenvalue weighted by molar-refractivity contribution is 5.13. The summed E-state index contributed by atoms with van der Waals surface area (Å²) >= 11 is 0. The maximum Gasteiger partial charge on any atom is 0.0720 e. The zero-order chi connectivity index (χ0) is 10.5. The van der Waals surface area contributed by atoms with E-state index in [4.69, 9.17) is 10.5 Å². The molecule has 1 aliphatic rings. The molecule has 0 heterocycles. The summed E-state index contributed by atoms with van der Waals surface area (Å²) in [7, 11) is 0. The third kappa shape index (κ3) is 3.33. The second-order valence-corrected chi connectivity index (χ2v) is 4.35. The topological polar surface area (TPSA) is 35.2 Å². The average Bonchev–Trinajstić information content (AvgIpc) is 2.28. The van der Waals surface area contributed by atoms with E-state index < -0.39 is 0 Å². The molecule has 2 heteroatoms. The van der Waals surface area contributed by atoms with Gasteiger partial charge in [-0.2, -0.15) is 0 Å². The largest absolute Gasteiger partial charge is 0.373 e. The summed E-state index contributed by atoms with van der Waals surface area (Å²) in [5, 5.41) is 0. The summed E-state index contributed by atoms with van der Waals surface area (Å²) in [5.41, 5.74) is 7.16. The molecule has 0 radical (unpaired) electrons. The zero-order valence-corrected chi connectivity index (χ0v) is 9.06. The fourth-order valence-electron chi connectivity index (χ4n) is 2.12. The van der Waals surface area contributed by atoms with Gasteiger partial charge in [0.2, 0.25) is 0 Å². The Hall–Kier alpha value is -0.860. The molecule has 2 N–H and O–H groups in total. The minimum absolute atomic E-state index is 0.347. The standard InChI is InChI=1S/C13H19NO/c14-12-7-4-8-13(9-12)15-10-11-5-2-1-3-6-11/h1-3,5-6,12-13H,4,7-10,14H2. The molecule has 0 aromatic heterocycles. The third-order valence-electron chi connectivity index (χ3n) is 3.00. The van der Waals surface area contributed by atoms with Gasteiger partial charge in [-0.05, 0) is 31.2 Å². The number of hydrogen-bond acceptors (Lipinski definition) is 2. The van der Waals surface area contributed by atoms with E-state index in [1.54, 1.807) is 0 Å². The van der Waals surface area contributed by atoms with Gasteiger partial charge in [0.05, 0.1) is 12.7 Å². The molecule has 0 saturated heterocycles. The summed E-state index contributed by atoms with van der Waals surface area (Å²) in [6, 6.07) is 10.7. The molecule has 1 aliphatic carbocycles. The Morgan fingerprint density at radius 3 is 2.73 bits per heavy atom. The zero-order valence-electron chi connectivity index (χ0n) is 9.06. The second kappa shape index (κ2) is 5.29. The molecule has 2 atom stereocenters.